The van der Waals surface area contributed by atoms with E-state index in [0.29, 0.717) is 0 Å². The lowest BCUT2D eigenvalue weighted by molar-refractivity contribution is 0.898. The topological polar surface area (TPSA) is 0 Å². The number of thioether (sulfide) groups is 1. The predicted octanol–water partition coefficient (Wildman–Crippen LogP) is 4.26. The average Bonchev–Trinajstić information content (AvgIpc) is 2.62. The van der Waals surface area contributed by atoms with E-state index in [2.05, 4.69) is 43.1 Å². The van der Waals surface area contributed by atoms with E-state index in [1.165, 1.54) is 17.1 Å². The Bertz CT molecular complexity index is 309. The Morgan fingerprint density at radius 2 is 2.15 bits per heavy atom. The second-order valence-corrected chi connectivity index (χ2v) is 5.75. The van der Waals surface area contributed by atoms with Gasteiger partial charge in [-0.05, 0) is 31.7 Å². The summed E-state index contributed by atoms with van der Waals surface area (Å²) < 4.78 is 0. The van der Waals surface area contributed by atoms with Gasteiger partial charge in [0, 0.05) is 15.9 Å². The van der Waals surface area contributed by atoms with E-state index < -0.39 is 0 Å². The van der Waals surface area contributed by atoms with Gasteiger partial charge in [-0.2, -0.15) is 0 Å². The van der Waals surface area contributed by atoms with Crippen LogP contribution in [0.2, 0.25) is 0 Å². The van der Waals surface area contributed by atoms with Crippen LogP contribution in [0.25, 0.3) is 0 Å². The molecule has 1 aliphatic heterocycles. The summed E-state index contributed by atoms with van der Waals surface area (Å²) in [4.78, 5) is 1.54. The van der Waals surface area contributed by atoms with Gasteiger partial charge in [-0.15, -0.1) is 23.1 Å². The van der Waals surface area contributed by atoms with Crippen molar-refractivity contribution in [2.75, 3.05) is 5.75 Å². The molecular formula is C11H14S2. The highest BCUT2D eigenvalue weighted by Crippen LogP contribution is 2.42. The Hall–Kier alpha value is -0.210. The number of thiophene rings is 1. The first-order chi connectivity index (χ1) is 6.27. The van der Waals surface area contributed by atoms with Crippen molar-refractivity contribution in [3.63, 3.8) is 0 Å². The SMILES string of the molecule is CC1=C(C)CC(c2cccs2)SC1. The summed E-state index contributed by atoms with van der Waals surface area (Å²) in [6.07, 6.45) is 1.25. The first-order valence-electron chi connectivity index (χ1n) is 4.57. The van der Waals surface area contributed by atoms with Gasteiger partial charge in [0.25, 0.3) is 0 Å². The van der Waals surface area contributed by atoms with Crippen molar-refractivity contribution in [2.24, 2.45) is 0 Å². The molecule has 0 radical (unpaired) electrons. The number of allylic oxidation sites excluding steroid dienone is 1. The Morgan fingerprint density at radius 3 is 2.77 bits per heavy atom. The molecule has 2 heteroatoms. The minimum atomic E-state index is 0.726. The molecule has 0 N–H and O–H groups in total. The summed E-state index contributed by atoms with van der Waals surface area (Å²) in [6.45, 7) is 4.53. The maximum atomic E-state index is 2.27. The van der Waals surface area contributed by atoms with Crippen LogP contribution < -0.4 is 0 Å². The van der Waals surface area contributed by atoms with Gasteiger partial charge in [0.05, 0.1) is 0 Å². The van der Waals surface area contributed by atoms with Crippen LogP contribution in [-0.4, -0.2) is 5.75 Å². The van der Waals surface area contributed by atoms with Crippen LogP contribution >= 0.6 is 23.1 Å². The van der Waals surface area contributed by atoms with Crippen molar-refractivity contribution in [3.05, 3.63) is 33.5 Å². The normalized spacial score (nSPS) is 23.7. The zero-order valence-electron chi connectivity index (χ0n) is 8.04. The van der Waals surface area contributed by atoms with Crippen LogP contribution in [0.1, 0.15) is 30.4 Å². The molecule has 0 fully saturated rings. The Balaban J connectivity index is 2.14. The van der Waals surface area contributed by atoms with E-state index in [1.807, 2.05) is 11.3 Å². The van der Waals surface area contributed by atoms with E-state index in [9.17, 15) is 0 Å². The lowest BCUT2D eigenvalue weighted by atomic mass is 10.1. The first kappa shape index (κ1) is 9.35. The number of rotatable bonds is 1. The monoisotopic (exact) mass is 210 g/mol. The van der Waals surface area contributed by atoms with E-state index in [1.54, 1.807) is 11.1 Å². The molecule has 13 heavy (non-hydrogen) atoms. The highest BCUT2D eigenvalue weighted by atomic mass is 32.2. The largest absolute Gasteiger partial charge is 0.148 e. The molecule has 1 atom stereocenters. The third-order valence-corrected chi connectivity index (χ3v) is 5.14. The maximum Gasteiger partial charge on any atom is 0.0431 e. The lowest BCUT2D eigenvalue weighted by Gasteiger charge is -2.22. The molecule has 1 unspecified atom stereocenters. The smallest absolute Gasteiger partial charge is 0.0431 e. The van der Waals surface area contributed by atoms with Gasteiger partial charge in [-0.1, -0.05) is 17.2 Å². The molecule has 2 rings (SSSR count). The van der Waals surface area contributed by atoms with Crippen LogP contribution in [0.3, 0.4) is 0 Å². The molecular weight excluding hydrogens is 196 g/mol. The van der Waals surface area contributed by atoms with Crippen molar-refractivity contribution < 1.29 is 0 Å². The summed E-state index contributed by atoms with van der Waals surface area (Å²) in [5.74, 6) is 1.22. The van der Waals surface area contributed by atoms with Crippen molar-refractivity contribution in [1.82, 2.24) is 0 Å². The molecule has 0 bridgehead atoms. The highest BCUT2D eigenvalue weighted by Gasteiger charge is 2.19. The Labute approximate surface area is 88.1 Å². The number of hydrogen-bond donors (Lipinski definition) is 0. The van der Waals surface area contributed by atoms with E-state index in [-0.39, 0.29) is 0 Å². The summed E-state index contributed by atoms with van der Waals surface area (Å²) in [7, 11) is 0. The molecule has 0 amide bonds. The van der Waals surface area contributed by atoms with Gasteiger partial charge in [0.1, 0.15) is 0 Å². The van der Waals surface area contributed by atoms with E-state index in [4.69, 9.17) is 0 Å². The minimum absolute atomic E-state index is 0.726. The summed E-state index contributed by atoms with van der Waals surface area (Å²) in [5, 5.41) is 2.90. The molecule has 0 aromatic carbocycles. The minimum Gasteiger partial charge on any atom is -0.148 e. The molecule has 0 aliphatic carbocycles. The predicted molar refractivity (Wildman–Crippen MR) is 62.5 cm³/mol. The Kier molecular flexibility index (Phi) is 2.80. The third-order valence-electron chi connectivity index (χ3n) is 2.58. The van der Waals surface area contributed by atoms with Crippen LogP contribution in [-0.2, 0) is 0 Å². The molecule has 0 saturated heterocycles. The second kappa shape index (κ2) is 3.89. The molecule has 1 aromatic rings. The maximum absolute atomic E-state index is 2.27. The van der Waals surface area contributed by atoms with Crippen molar-refractivity contribution in [1.29, 1.82) is 0 Å². The molecule has 1 aliphatic rings. The molecule has 0 saturated carbocycles. The molecule has 0 nitrogen and oxygen atoms in total. The highest BCUT2D eigenvalue weighted by molar-refractivity contribution is 7.99. The van der Waals surface area contributed by atoms with Gasteiger partial charge < -0.3 is 0 Å². The van der Waals surface area contributed by atoms with Crippen LogP contribution in [0.5, 0.6) is 0 Å². The summed E-state index contributed by atoms with van der Waals surface area (Å²) in [5.41, 5.74) is 3.18. The quantitative estimate of drug-likeness (QED) is 0.624. The zero-order valence-corrected chi connectivity index (χ0v) is 9.67. The second-order valence-electron chi connectivity index (χ2n) is 3.58. The van der Waals surface area contributed by atoms with Crippen molar-refractivity contribution in [2.45, 2.75) is 25.5 Å². The fourth-order valence-corrected chi connectivity index (χ4v) is 3.90. The van der Waals surface area contributed by atoms with Gasteiger partial charge in [-0.3, -0.25) is 0 Å². The summed E-state index contributed by atoms with van der Waals surface area (Å²) >= 11 is 3.97. The molecule has 0 spiro atoms. The lowest BCUT2D eigenvalue weighted by Crippen LogP contribution is -2.03. The summed E-state index contributed by atoms with van der Waals surface area (Å²) in [6, 6.07) is 4.41. The van der Waals surface area contributed by atoms with E-state index >= 15 is 0 Å². The van der Waals surface area contributed by atoms with E-state index in [0.717, 1.165) is 5.25 Å². The average molecular weight is 210 g/mol. The molecule has 1 aromatic heterocycles. The van der Waals surface area contributed by atoms with Gasteiger partial charge >= 0.3 is 0 Å². The van der Waals surface area contributed by atoms with Crippen molar-refractivity contribution in [3.8, 4) is 0 Å². The van der Waals surface area contributed by atoms with Crippen LogP contribution in [0.4, 0.5) is 0 Å². The fraction of sp³-hybridized carbons (Fsp3) is 0.455. The Morgan fingerprint density at radius 1 is 1.31 bits per heavy atom. The fourth-order valence-electron chi connectivity index (χ4n) is 1.52. The van der Waals surface area contributed by atoms with Crippen molar-refractivity contribution >= 4 is 23.1 Å². The first-order valence-corrected chi connectivity index (χ1v) is 6.50. The molecule has 2 heterocycles. The van der Waals surface area contributed by atoms with Gasteiger partial charge in [0.15, 0.2) is 0 Å². The van der Waals surface area contributed by atoms with Gasteiger partial charge in [0.2, 0.25) is 0 Å². The van der Waals surface area contributed by atoms with Crippen LogP contribution in [0, 0.1) is 0 Å². The molecule has 70 valence electrons. The third kappa shape index (κ3) is 2.00. The standard InChI is InChI=1S/C11H14S2/c1-8-6-11(13-7-9(8)2)10-4-3-5-12-10/h3-5,11H,6-7H2,1-2H3. The zero-order chi connectivity index (χ0) is 9.26. The number of hydrogen-bond acceptors (Lipinski definition) is 2. The van der Waals surface area contributed by atoms with Gasteiger partial charge in [-0.25, -0.2) is 0 Å². The van der Waals surface area contributed by atoms with Crippen LogP contribution in [0.15, 0.2) is 28.7 Å².